The molecule has 2 aliphatic carbocycles. The number of carbonyl (C=O) groups excluding carboxylic acids is 5. The molecule has 0 aromatic carbocycles. The topological polar surface area (TPSA) is 182 Å². The molecule has 3 fully saturated rings. The Morgan fingerprint density at radius 3 is 2.19 bits per heavy atom. The molecule has 1 aliphatic heterocycles. The molecule has 4 unspecified atom stereocenters. The zero-order valence-electron chi connectivity index (χ0n) is 28.9. The van der Waals surface area contributed by atoms with Crippen molar-refractivity contribution in [1.82, 2.24) is 25.9 Å². The van der Waals surface area contributed by atoms with Crippen molar-refractivity contribution in [3.63, 3.8) is 0 Å². The lowest BCUT2D eigenvalue weighted by Crippen LogP contribution is -2.64. The molecule has 48 heavy (non-hydrogen) atoms. The first-order chi connectivity index (χ1) is 22.2. The normalized spacial score (nSPS) is 23.7. The van der Waals surface area contributed by atoms with Crippen molar-refractivity contribution in [2.45, 2.75) is 110 Å². The van der Waals surface area contributed by atoms with E-state index in [1.165, 1.54) is 4.90 Å². The number of rotatable bonds is 13. The second-order valence-electron chi connectivity index (χ2n) is 15.2. The summed E-state index contributed by atoms with van der Waals surface area (Å²) in [5, 5.41) is 19.5. The largest absolute Gasteiger partial charge is 0.348 e. The molecule has 1 saturated heterocycles. The summed E-state index contributed by atoms with van der Waals surface area (Å²) in [6, 6.07) is -4.76. The summed E-state index contributed by atoms with van der Waals surface area (Å²) in [5.41, 5.74) is -2.43. The van der Waals surface area contributed by atoms with Gasteiger partial charge in [-0.25, -0.2) is 13.2 Å². The van der Waals surface area contributed by atoms with Crippen LogP contribution in [0.3, 0.4) is 0 Å². The number of nitrogens with zero attached hydrogens (tertiary/aromatic N) is 2. The highest BCUT2D eigenvalue weighted by molar-refractivity contribution is 7.90. The number of hydroxylamine groups is 2. The van der Waals surface area contributed by atoms with Gasteiger partial charge in [0.1, 0.15) is 21.9 Å². The second kappa shape index (κ2) is 14.9. The lowest BCUT2D eigenvalue weighted by Gasteiger charge is -2.42. The van der Waals surface area contributed by atoms with Crippen molar-refractivity contribution < 1.29 is 37.6 Å². The van der Waals surface area contributed by atoms with Crippen LogP contribution in [0.5, 0.6) is 0 Å². The zero-order valence-corrected chi connectivity index (χ0v) is 29.7. The SMILES string of the molecule is C#CCCNC(=O)C(=O)C(CCC#C)NC(=O)C1C2C(CN1C(=O)[C@@H](N(O)C(=O)NC1(CS(C)(=O)=O)CCCCC1)C(C)(C)C)C2(C)C. The van der Waals surface area contributed by atoms with E-state index in [1.54, 1.807) is 20.8 Å². The molecule has 5 atom stereocenters. The molecule has 2 saturated carbocycles. The number of fused-ring (bicyclic) bond motifs is 1. The Hall–Kier alpha value is -3.62. The third-order valence-corrected chi connectivity index (χ3v) is 11.1. The Kier molecular flexibility index (Phi) is 12.0. The highest BCUT2D eigenvalue weighted by Crippen LogP contribution is 2.65. The van der Waals surface area contributed by atoms with Gasteiger partial charge in [-0.05, 0) is 41.9 Å². The van der Waals surface area contributed by atoms with Gasteiger partial charge in [-0.3, -0.25) is 24.4 Å². The minimum absolute atomic E-state index is 0.00772. The molecule has 0 spiro atoms. The quantitative estimate of drug-likeness (QED) is 0.0740. The van der Waals surface area contributed by atoms with Crippen molar-refractivity contribution in [3.8, 4) is 24.7 Å². The van der Waals surface area contributed by atoms with E-state index in [0.717, 1.165) is 12.7 Å². The molecule has 0 aromatic heterocycles. The summed E-state index contributed by atoms with van der Waals surface area (Å²) in [6.07, 6.45) is 15.1. The van der Waals surface area contributed by atoms with E-state index in [1.807, 2.05) is 13.8 Å². The van der Waals surface area contributed by atoms with Crippen molar-refractivity contribution in [2.24, 2.45) is 22.7 Å². The maximum atomic E-state index is 14.4. The van der Waals surface area contributed by atoms with E-state index in [0.29, 0.717) is 30.7 Å². The van der Waals surface area contributed by atoms with Gasteiger partial charge in [0.25, 0.3) is 5.91 Å². The Morgan fingerprint density at radius 2 is 1.65 bits per heavy atom. The number of terminal acetylenes is 2. The second-order valence-corrected chi connectivity index (χ2v) is 17.4. The maximum Gasteiger partial charge on any atom is 0.342 e. The summed E-state index contributed by atoms with van der Waals surface area (Å²) in [5.74, 6) is 0.986. The minimum atomic E-state index is -3.50. The standard InChI is InChI=1S/C34H51N5O8S/c1-9-11-16-23(26(40)29(42)35-19-12-10-2)36-28(41)25-24-22(33(24,6)7)20-38(25)30(43)27(32(3,4)5)39(45)31(44)37-34(21-48(8,46)47)17-14-13-15-18-34/h1-2,22-25,27,45H,11-21H2,3-8H3,(H,35,42)(H,36,41)(H,37,44)/t22?,23?,24?,25?,27-/m1/s1. The minimum Gasteiger partial charge on any atom is -0.348 e. The van der Waals surface area contributed by atoms with E-state index < -0.39 is 68.5 Å². The Balaban J connectivity index is 1.88. The number of amides is 5. The first-order valence-electron chi connectivity index (χ1n) is 16.5. The van der Waals surface area contributed by atoms with E-state index in [4.69, 9.17) is 12.8 Å². The van der Waals surface area contributed by atoms with E-state index in [-0.39, 0.29) is 55.4 Å². The van der Waals surface area contributed by atoms with Crippen LogP contribution in [0.15, 0.2) is 0 Å². The Labute approximate surface area is 284 Å². The molecule has 266 valence electrons. The molecule has 14 heteroatoms. The fourth-order valence-electron chi connectivity index (χ4n) is 7.50. The summed E-state index contributed by atoms with van der Waals surface area (Å²) in [6.45, 7) is 9.20. The van der Waals surface area contributed by atoms with Crippen molar-refractivity contribution in [1.29, 1.82) is 0 Å². The Morgan fingerprint density at radius 1 is 1.04 bits per heavy atom. The van der Waals surface area contributed by atoms with Gasteiger partial charge in [0, 0.05) is 32.2 Å². The van der Waals surface area contributed by atoms with Gasteiger partial charge in [-0.15, -0.1) is 24.7 Å². The van der Waals surface area contributed by atoms with Crippen LogP contribution in [0.2, 0.25) is 0 Å². The molecule has 3 aliphatic rings. The molecular formula is C34H51N5O8S. The fourth-order valence-corrected chi connectivity index (χ4v) is 8.86. The third-order valence-electron chi connectivity index (χ3n) is 9.98. The van der Waals surface area contributed by atoms with Crippen LogP contribution in [0.25, 0.3) is 0 Å². The van der Waals surface area contributed by atoms with Gasteiger partial charge in [0.2, 0.25) is 17.6 Å². The number of sulfone groups is 1. The van der Waals surface area contributed by atoms with Gasteiger partial charge < -0.3 is 20.9 Å². The monoisotopic (exact) mass is 689 g/mol. The number of hydrogen-bond donors (Lipinski definition) is 4. The van der Waals surface area contributed by atoms with Crippen LogP contribution in [0, 0.1) is 47.4 Å². The van der Waals surface area contributed by atoms with Gasteiger partial charge in [-0.1, -0.05) is 53.9 Å². The summed E-state index contributed by atoms with van der Waals surface area (Å²) in [7, 11) is -3.50. The highest BCUT2D eigenvalue weighted by atomic mass is 32.2. The summed E-state index contributed by atoms with van der Waals surface area (Å²) < 4.78 is 24.6. The molecule has 3 rings (SSSR count). The number of nitrogens with one attached hydrogen (secondary N) is 3. The third kappa shape index (κ3) is 8.88. The summed E-state index contributed by atoms with van der Waals surface area (Å²) in [4.78, 5) is 68.9. The predicted molar refractivity (Wildman–Crippen MR) is 179 cm³/mol. The van der Waals surface area contributed by atoms with E-state index in [9.17, 15) is 37.6 Å². The number of carbonyl (C=O) groups is 5. The predicted octanol–water partition coefficient (Wildman–Crippen LogP) is 1.64. The number of likely N-dealkylation sites (tertiary alicyclic amines) is 1. The number of piperidine rings is 1. The molecule has 13 nitrogen and oxygen atoms in total. The van der Waals surface area contributed by atoms with Gasteiger partial charge in [-0.2, -0.15) is 5.06 Å². The lowest BCUT2D eigenvalue weighted by molar-refractivity contribution is -0.165. The number of urea groups is 1. The van der Waals surface area contributed by atoms with E-state index in [2.05, 4.69) is 27.8 Å². The van der Waals surface area contributed by atoms with Crippen molar-refractivity contribution in [2.75, 3.05) is 25.1 Å². The molecule has 0 radical (unpaired) electrons. The molecule has 4 N–H and O–H groups in total. The maximum absolute atomic E-state index is 14.4. The van der Waals surface area contributed by atoms with Crippen molar-refractivity contribution in [3.05, 3.63) is 0 Å². The number of ketones is 1. The van der Waals surface area contributed by atoms with Crippen LogP contribution < -0.4 is 16.0 Å². The van der Waals surface area contributed by atoms with Crippen molar-refractivity contribution >= 4 is 39.4 Å². The Bertz CT molecular complexity index is 1460. The lowest BCUT2D eigenvalue weighted by atomic mass is 9.83. The molecule has 5 amide bonds. The average Bonchev–Trinajstić information content (AvgIpc) is 3.29. The van der Waals surface area contributed by atoms with Gasteiger partial charge in [0.15, 0.2) is 0 Å². The molecule has 0 aromatic rings. The smallest absolute Gasteiger partial charge is 0.342 e. The van der Waals surface area contributed by atoms with Gasteiger partial charge in [0.05, 0.1) is 17.3 Å². The molecular weight excluding hydrogens is 638 g/mol. The molecule has 0 bridgehead atoms. The van der Waals surface area contributed by atoms with E-state index >= 15 is 0 Å². The van der Waals surface area contributed by atoms with Crippen LogP contribution in [0.1, 0.15) is 86.0 Å². The first-order valence-corrected chi connectivity index (χ1v) is 18.5. The van der Waals surface area contributed by atoms with Crippen LogP contribution in [-0.4, -0.2) is 102 Å². The highest BCUT2D eigenvalue weighted by Gasteiger charge is 2.70. The van der Waals surface area contributed by atoms with Crippen LogP contribution in [0.4, 0.5) is 4.79 Å². The van der Waals surface area contributed by atoms with Crippen LogP contribution in [-0.2, 0) is 29.0 Å². The van der Waals surface area contributed by atoms with Gasteiger partial charge >= 0.3 is 6.03 Å². The van der Waals surface area contributed by atoms with Crippen LogP contribution >= 0.6 is 0 Å². The number of hydrogen-bond acceptors (Lipinski definition) is 8. The molecule has 1 heterocycles. The number of Topliss-reactive ketones (excluding diaryl/α,β-unsaturated/α-hetero) is 1. The fraction of sp³-hybridized carbons (Fsp3) is 0.735. The zero-order chi connectivity index (χ0) is 36.2. The summed E-state index contributed by atoms with van der Waals surface area (Å²) >= 11 is 0. The average molecular weight is 690 g/mol. The first kappa shape index (κ1) is 38.8.